The molecule has 1 aliphatic rings. The van der Waals surface area contributed by atoms with Gasteiger partial charge in [0.1, 0.15) is 5.75 Å². The third-order valence-corrected chi connectivity index (χ3v) is 3.96. The van der Waals surface area contributed by atoms with E-state index < -0.39 is 0 Å². The molecule has 1 aliphatic heterocycles. The van der Waals surface area contributed by atoms with E-state index >= 15 is 0 Å². The Kier molecular flexibility index (Phi) is 4.32. The summed E-state index contributed by atoms with van der Waals surface area (Å²) in [5.74, 6) is 0.882. The minimum atomic E-state index is 0.744. The van der Waals surface area contributed by atoms with Crippen LogP contribution in [0.2, 0.25) is 5.02 Å². The zero-order chi connectivity index (χ0) is 14.7. The number of halogens is 1. The summed E-state index contributed by atoms with van der Waals surface area (Å²) in [5.41, 5.74) is 2.34. The summed E-state index contributed by atoms with van der Waals surface area (Å²) < 4.78 is 0. The Balaban J connectivity index is 1.59. The SMILES string of the molecule is Cc1cc(Cl)ccc1ON1CCN(c2ccccc2)CC1. The van der Waals surface area contributed by atoms with Gasteiger partial charge in [0.25, 0.3) is 0 Å². The van der Waals surface area contributed by atoms with E-state index in [2.05, 4.69) is 29.2 Å². The number of anilines is 1. The van der Waals surface area contributed by atoms with E-state index in [0.717, 1.165) is 42.5 Å². The number of nitrogens with zero attached hydrogens (tertiary/aromatic N) is 2. The summed E-state index contributed by atoms with van der Waals surface area (Å²) >= 11 is 5.97. The van der Waals surface area contributed by atoms with Crippen LogP contribution in [0.3, 0.4) is 0 Å². The van der Waals surface area contributed by atoms with E-state index in [1.807, 2.05) is 36.3 Å². The molecule has 1 fully saturated rings. The maximum Gasteiger partial charge on any atom is 0.150 e. The Labute approximate surface area is 130 Å². The fraction of sp³-hybridized carbons (Fsp3) is 0.294. The highest BCUT2D eigenvalue weighted by Gasteiger charge is 2.18. The molecule has 0 atom stereocenters. The van der Waals surface area contributed by atoms with Crippen LogP contribution >= 0.6 is 11.6 Å². The maximum atomic E-state index is 5.97. The van der Waals surface area contributed by atoms with Crippen molar-refractivity contribution in [1.82, 2.24) is 5.06 Å². The molecule has 0 unspecified atom stereocenters. The summed E-state index contributed by atoms with van der Waals surface area (Å²) in [4.78, 5) is 8.36. The number of rotatable bonds is 3. The van der Waals surface area contributed by atoms with Crippen molar-refractivity contribution in [1.29, 1.82) is 0 Å². The van der Waals surface area contributed by atoms with Gasteiger partial charge < -0.3 is 9.74 Å². The van der Waals surface area contributed by atoms with Crippen molar-refractivity contribution in [2.45, 2.75) is 6.92 Å². The fourth-order valence-corrected chi connectivity index (χ4v) is 2.76. The van der Waals surface area contributed by atoms with E-state index in [4.69, 9.17) is 16.4 Å². The van der Waals surface area contributed by atoms with Crippen LogP contribution in [-0.2, 0) is 0 Å². The Bertz CT molecular complexity index is 595. The highest BCUT2D eigenvalue weighted by Crippen LogP contribution is 2.23. The van der Waals surface area contributed by atoms with Crippen LogP contribution in [0, 0.1) is 6.92 Å². The first-order chi connectivity index (χ1) is 10.2. The molecular weight excluding hydrogens is 284 g/mol. The molecule has 110 valence electrons. The van der Waals surface area contributed by atoms with Crippen molar-refractivity contribution < 1.29 is 4.84 Å². The molecule has 0 aliphatic carbocycles. The van der Waals surface area contributed by atoms with Gasteiger partial charge in [-0.1, -0.05) is 29.8 Å². The second-order valence-corrected chi connectivity index (χ2v) is 5.69. The quantitative estimate of drug-likeness (QED) is 0.858. The molecule has 1 heterocycles. The van der Waals surface area contributed by atoms with Crippen molar-refractivity contribution in [3.63, 3.8) is 0 Å². The number of piperazine rings is 1. The lowest BCUT2D eigenvalue weighted by atomic mass is 10.2. The van der Waals surface area contributed by atoms with Crippen LogP contribution in [0.5, 0.6) is 5.75 Å². The topological polar surface area (TPSA) is 15.7 Å². The Morgan fingerprint density at radius 2 is 1.67 bits per heavy atom. The molecule has 0 N–H and O–H groups in total. The van der Waals surface area contributed by atoms with E-state index in [0.29, 0.717) is 0 Å². The van der Waals surface area contributed by atoms with Gasteiger partial charge in [-0.3, -0.25) is 0 Å². The van der Waals surface area contributed by atoms with Gasteiger partial charge in [-0.25, -0.2) is 0 Å². The molecule has 0 spiro atoms. The lowest BCUT2D eigenvalue weighted by molar-refractivity contribution is -0.0625. The molecule has 3 nitrogen and oxygen atoms in total. The normalized spacial score (nSPS) is 16.0. The smallest absolute Gasteiger partial charge is 0.150 e. The summed E-state index contributed by atoms with van der Waals surface area (Å²) in [5, 5.41) is 2.77. The second-order valence-electron chi connectivity index (χ2n) is 5.25. The van der Waals surface area contributed by atoms with Gasteiger partial charge in [0.05, 0.1) is 13.1 Å². The van der Waals surface area contributed by atoms with Crippen molar-refractivity contribution in [3.8, 4) is 5.75 Å². The van der Waals surface area contributed by atoms with E-state index in [1.54, 1.807) is 0 Å². The minimum Gasteiger partial charge on any atom is -0.406 e. The van der Waals surface area contributed by atoms with Gasteiger partial charge in [-0.15, -0.1) is 5.06 Å². The van der Waals surface area contributed by atoms with E-state index in [1.165, 1.54) is 5.69 Å². The van der Waals surface area contributed by atoms with Crippen LogP contribution in [0.15, 0.2) is 48.5 Å². The number of hydrogen-bond acceptors (Lipinski definition) is 3. The van der Waals surface area contributed by atoms with Crippen molar-refractivity contribution >= 4 is 17.3 Å². The zero-order valence-corrected chi connectivity index (χ0v) is 12.9. The number of hydroxylamine groups is 2. The molecule has 4 heteroatoms. The first-order valence-corrected chi connectivity index (χ1v) is 7.59. The highest BCUT2D eigenvalue weighted by atomic mass is 35.5. The molecular formula is C17H19ClN2O. The average Bonchev–Trinajstić information content (AvgIpc) is 2.52. The van der Waals surface area contributed by atoms with Gasteiger partial charge in [0.2, 0.25) is 0 Å². The predicted molar refractivity (Wildman–Crippen MR) is 87.0 cm³/mol. The third-order valence-electron chi connectivity index (χ3n) is 3.72. The fourth-order valence-electron chi connectivity index (χ4n) is 2.53. The van der Waals surface area contributed by atoms with Crippen LogP contribution < -0.4 is 9.74 Å². The first kappa shape index (κ1) is 14.2. The predicted octanol–water partition coefficient (Wildman–Crippen LogP) is 3.76. The monoisotopic (exact) mass is 302 g/mol. The number of hydrogen-bond donors (Lipinski definition) is 0. The summed E-state index contributed by atoms with van der Waals surface area (Å²) in [6, 6.07) is 16.2. The number of para-hydroxylation sites is 1. The van der Waals surface area contributed by atoms with Crippen molar-refractivity contribution in [2.24, 2.45) is 0 Å². The average molecular weight is 303 g/mol. The van der Waals surface area contributed by atoms with Crippen molar-refractivity contribution in [2.75, 3.05) is 31.1 Å². The lowest BCUT2D eigenvalue weighted by Crippen LogP contribution is -2.47. The number of benzene rings is 2. The molecule has 0 saturated carbocycles. The Morgan fingerprint density at radius 1 is 0.952 bits per heavy atom. The largest absolute Gasteiger partial charge is 0.406 e. The zero-order valence-electron chi connectivity index (χ0n) is 12.1. The van der Waals surface area contributed by atoms with Gasteiger partial charge in [0.15, 0.2) is 0 Å². The number of aryl methyl sites for hydroxylation is 1. The van der Waals surface area contributed by atoms with Gasteiger partial charge in [-0.2, -0.15) is 0 Å². The Morgan fingerprint density at radius 3 is 2.33 bits per heavy atom. The molecule has 1 saturated heterocycles. The van der Waals surface area contributed by atoms with Crippen molar-refractivity contribution in [3.05, 3.63) is 59.1 Å². The van der Waals surface area contributed by atoms with E-state index in [9.17, 15) is 0 Å². The van der Waals surface area contributed by atoms with Crippen LogP contribution in [0.25, 0.3) is 0 Å². The first-order valence-electron chi connectivity index (χ1n) is 7.21. The van der Waals surface area contributed by atoms with Gasteiger partial charge in [0, 0.05) is 23.8 Å². The summed E-state index contributed by atoms with van der Waals surface area (Å²) in [6.07, 6.45) is 0. The maximum absolute atomic E-state index is 5.97. The van der Waals surface area contributed by atoms with E-state index in [-0.39, 0.29) is 0 Å². The third kappa shape index (κ3) is 3.49. The Hall–Kier alpha value is -1.71. The lowest BCUT2D eigenvalue weighted by Gasteiger charge is -2.35. The van der Waals surface area contributed by atoms with Gasteiger partial charge in [-0.05, 0) is 42.8 Å². The molecule has 3 rings (SSSR count). The standard InChI is InChI=1S/C17H19ClN2O/c1-14-13-15(18)7-8-17(14)21-20-11-9-19(10-12-20)16-5-3-2-4-6-16/h2-8,13H,9-12H2,1H3. The van der Waals surface area contributed by atoms with Gasteiger partial charge >= 0.3 is 0 Å². The van der Waals surface area contributed by atoms with Crippen LogP contribution in [0.1, 0.15) is 5.56 Å². The van der Waals surface area contributed by atoms with Crippen LogP contribution in [-0.4, -0.2) is 31.2 Å². The molecule has 0 aromatic heterocycles. The second kappa shape index (κ2) is 6.37. The molecule has 2 aromatic carbocycles. The molecule has 0 radical (unpaired) electrons. The minimum absolute atomic E-state index is 0.744. The van der Waals surface area contributed by atoms with Crippen LogP contribution in [0.4, 0.5) is 5.69 Å². The molecule has 0 amide bonds. The molecule has 0 bridgehead atoms. The summed E-state index contributed by atoms with van der Waals surface area (Å²) in [7, 11) is 0. The summed E-state index contributed by atoms with van der Waals surface area (Å²) in [6.45, 7) is 5.72. The highest BCUT2D eigenvalue weighted by molar-refractivity contribution is 6.30. The molecule has 21 heavy (non-hydrogen) atoms. The molecule has 2 aromatic rings.